The van der Waals surface area contributed by atoms with E-state index in [-0.39, 0.29) is 18.1 Å². The Morgan fingerprint density at radius 1 is 1.09 bits per heavy atom. The number of benzene rings is 2. The van der Waals surface area contributed by atoms with Crippen LogP contribution in [0, 0.1) is 6.92 Å². The van der Waals surface area contributed by atoms with Crippen LogP contribution < -0.4 is 5.43 Å². The van der Waals surface area contributed by atoms with Gasteiger partial charge in [0.2, 0.25) is 11.2 Å². The van der Waals surface area contributed by atoms with Crippen molar-refractivity contribution in [2.45, 2.75) is 13.8 Å². The van der Waals surface area contributed by atoms with Gasteiger partial charge < -0.3 is 24.2 Å². The summed E-state index contributed by atoms with van der Waals surface area (Å²) in [7, 11) is 0. The fourth-order valence-corrected chi connectivity index (χ4v) is 3.98. The number of aromatic hydroxyl groups is 1. The molecule has 0 amide bonds. The molecule has 8 heteroatoms. The highest BCUT2D eigenvalue weighted by Gasteiger charge is 2.26. The second kappa shape index (κ2) is 8.40. The van der Waals surface area contributed by atoms with Crippen molar-refractivity contribution in [3.05, 3.63) is 82.3 Å². The van der Waals surface area contributed by atoms with Gasteiger partial charge in [-0.1, -0.05) is 48.5 Å². The van der Waals surface area contributed by atoms with Crippen LogP contribution in [0.4, 0.5) is 0 Å². The van der Waals surface area contributed by atoms with Crippen LogP contribution in [0.15, 0.2) is 69.9 Å². The van der Waals surface area contributed by atoms with Crippen molar-refractivity contribution in [2.24, 2.45) is 0 Å². The number of nitrogens with zero attached hydrogens (tertiary/aromatic N) is 1. The lowest BCUT2D eigenvalue weighted by atomic mass is 10.1. The summed E-state index contributed by atoms with van der Waals surface area (Å²) in [5.41, 5.74) is 2.46. The van der Waals surface area contributed by atoms with Crippen LogP contribution in [0.5, 0.6) is 5.75 Å². The predicted molar refractivity (Wildman–Crippen MR) is 128 cm³/mol. The number of rotatable bonds is 5. The number of imidazole rings is 1. The van der Waals surface area contributed by atoms with E-state index in [2.05, 4.69) is 9.97 Å². The Morgan fingerprint density at radius 3 is 2.59 bits per heavy atom. The minimum absolute atomic E-state index is 0.0277. The molecule has 0 radical (unpaired) electrons. The number of aromatic nitrogens is 3. The molecule has 8 nitrogen and oxygen atoms in total. The summed E-state index contributed by atoms with van der Waals surface area (Å²) >= 11 is 0. The third kappa shape index (κ3) is 3.55. The highest BCUT2D eigenvalue weighted by molar-refractivity contribution is 6.07. The van der Waals surface area contributed by atoms with Crippen LogP contribution in [-0.4, -0.2) is 32.6 Å². The van der Waals surface area contributed by atoms with Gasteiger partial charge in [-0.05, 0) is 19.9 Å². The number of carbonyl (C=O) groups excluding carboxylic acids is 1. The smallest absolute Gasteiger partial charge is 0.355 e. The Labute approximate surface area is 193 Å². The van der Waals surface area contributed by atoms with E-state index in [9.17, 15) is 14.7 Å². The highest BCUT2D eigenvalue weighted by Crippen LogP contribution is 2.39. The minimum atomic E-state index is -0.562. The molecule has 34 heavy (non-hydrogen) atoms. The first-order chi connectivity index (χ1) is 16.5. The number of fused-ring (bicyclic) bond motifs is 1. The summed E-state index contributed by atoms with van der Waals surface area (Å²) in [6, 6.07) is 18.0. The van der Waals surface area contributed by atoms with Crippen molar-refractivity contribution in [3.8, 4) is 39.8 Å². The minimum Gasteiger partial charge on any atom is -0.501 e. The maximum Gasteiger partial charge on any atom is 0.355 e. The number of carbonyl (C=O) groups is 1. The molecule has 0 saturated carbocycles. The monoisotopic (exact) mass is 455 g/mol. The summed E-state index contributed by atoms with van der Waals surface area (Å²) in [6.45, 7) is 3.58. The van der Waals surface area contributed by atoms with E-state index in [0.717, 1.165) is 16.5 Å². The third-order valence-electron chi connectivity index (χ3n) is 5.45. The van der Waals surface area contributed by atoms with Crippen molar-refractivity contribution in [3.63, 3.8) is 0 Å². The molecule has 2 aromatic carbocycles. The maximum absolute atomic E-state index is 12.8. The molecule has 0 unspecified atom stereocenters. The average Bonchev–Trinajstić information content (AvgIpc) is 3.44. The number of hydrogen-bond acceptors (Lipinski definition) is 6. The van der Waals surface area contributed by atoms with Crippen molar-refractivity contribution in [2.75, 3.05) is 6.61 Å². The molecule has 0 saturated heterocycles. The van der Waals surface area contributed by atoms with Gasteiger partial charge in [0.25, 0.3) is 0 Å². The molecule has 3 aromatic heterocycles. The fraction of sp³-hybridized carbons (Fsp3) is 0.115. The normalized spacial score (nSPS) is 11.1. The first kappa shape index (κ1) is 21.3. The number of para-hydroxylation sites is 1. The zero-order valence-corrected chi connectivity index (χ0v) is 18.5. The van der Waals surface area contributed by atoms with Gasteiger partial charge in [-0.15, -0.1) is 0 Å². The van der Waals surface area contributed by atoms with Crippen LogP contribution in [-0.2, 0) is 4.74 Å². The number of hydrogen-bond donors (Lipinski definition) is 3. The molecule has 3 N–H and O–H groups in total. The number of aromatic amines is 2. The van der Waals surface area contributed by atoms with Crippen molar-refractivity contribution < 1.29 is 19.1 Å². The number of ether oxygens (including phenoxy) is 1. The number of aryl methyl sites for hydroxylation is 1. The highest BCUT2D eigenvalue weighted by atomic mass is 16.5. The molecule has 0 bridgehead atoms. The van der Waals surface area contributed by atoms with E-state index in [1.807, 2.05) is 54.6 Å². The van der Waals surface area contributed by atoms with Crippen molar-refractivity contribution in [1.82, 2.24) is 15.0 Å². The fourth-order valence-electron chi connectivity index (χ4n) is 3.98. The van der Waals surface area contributed by atoms with E-state index < -0.39 is 17.1 Å². The van der Waals surface area contributed by atoms with Gasteiger partial charge in [0.1, 0.15) is 28.7 Å². The first-order valence-electron chi connectivity index (χ1n) is 10.8. The zero-order chi connectivity index (χ0) is 23.8. The van der Waals surface area contributed by atoms with Crippen LogP contribution in [0.25, 0.3) is 45.0 Å². The van der Waals surface area contributed by atoms with E-state index >= 15 is 0 Å². The zero-order valence-electron chi connectivity index (χ0n) is 18.5. The summed E-state index contributed by atoms with van der Waals surface area (Å²) in [6.07, 6.45) is 0. The molecule has 3 heterocycles. The topological polar surface area (TPSA) is 121 Å². The number of esters is 1. The molecule has 5 aromatic rings. The molecule has 0 atom stereocenters. The molecule has 0 fully saturated rings. The molecular formula is C26H21N3O5. The average molecular weight is 455 g/mol. The Morgan fingerprint density at radius 2 is 1.82 bits per heavy atom. The van der Waals surface area contributed by atoms with E-state index in [1.54, 1.807) is 13.8 Å². The SMILES string of the molecule is CCOC(=O)c1[nH]c2ccccc2c1-c1nc(-c2ccccc2)c(-c2oc(C)cc(=O)c2O)[nH]1. The van der Waals surface area contributed by atoms with Crippen molar-refractivity contribution >= 4 is 16.9 Å². The molecule has 0 spiro atoms. The largest absolute Gasteiger partial charge is 0.501 e. The van der Waals surface area contributed by atoms with E-state index in [4.69, 9.17) is 14.1 Å². The van der Waals surface area contributed by atoms with Crippen molar-refractivity contribution in [1.29, 1.82) is 0 Å². The predicted octanol–water partition coefficient (Wildman–Crippen LogP) is 5.04. The summed E-state index contributed by atoms with van der Waals surface area (Å²) < 4.78 is 11.0. The van der Waals surface area contributed by atoms with Gasteiger partial charge in [0.15, 0.2) is 5.76 Å². The first-order valence-corrected chi connectivity index (χ1v) is 10.8. The Balaban J connectivity index is 1.82. The molecule has 170 valence electrons. The van der Waals surface area contributed by atoms with Crippen LogP contribution in [0.2, 0.25) is 0 Å². The van der Waals surface area contributed by atoms with Gasteiger partial charge in [0.05, 0.1) is 12.2 Å². The Hall–Kier alpha value is -4.59. The van der Waals surface area contributed by atoms with Gasteiger partial charge in [-0.3, -0.25) is 4.79 Å². The van der Waals surface area contributed by atoms with Crippen LogP contribution >= 0.6 is 0 Å². The second-order valence-corrected chi connectivity index (χ2v) is 7.72. The van der Waals surface area contributed by atoms with E-state index in [1.165, 1.54) is 6.07 Å². The standard InChI is InChI=1S/C26H21N3O5/c1-3-33-26(32)21-19(16-11-7-8-12-17(16)27-21)25-28-20(15-9-5-4-6-10-15)22(29-25)24-23(31)18(30)13-14(2)34-24/h4-13,27,31H,3H2,1-2H3,(H,28,29). The lowest BCUT2D eigenvalue weighted by Crippen LogP contribution is -2.06. The van der Waals surface area contributed by atoms with Gasteiger partial charge in [-0.25, -0.2) is 9.78 Å². The number of nitrogens with one attached hydrogen (secondary N) is 2. The van der Waals surface area contributed by atoms with Crippen LogP contribution in [0.3, 0.4) is 0 Å². The van der Waals surface area contributed by atoms with Gasteiger partial charge in [-0.2, -0.15) is 0 Å². The van der Waals surface area contributed by atoms with Gasteiger partial charge in [0, 0.05) is 22.5 Å². The van der Waals surface area contributed by atoms with E-state index in [0.29, 0.717) is 28.5 Å². The molecule has 0 aliphatic heterocycles. The quantitative estimate of drug-likeness (QED) is 0.319. The lowest BCUT2D eigenvalue weighted by Gasteiger charge is -2.05. The van der Waals surface area contributed by atoms with Crippen LogP contribution in [0.1, 0.15) is 23.2 Å². The van der Waals surface area contributed by atoms with Gasteiger partial charge >= 0.3 is 5.97 Å². The second-order valence-electron chi connectivity index (χ2n) is 7.72. The Kier molecular flexibility index (Phi) is 5.25. The molecule has 5 rings (SSSR count). The molecule has 0 aliphatic carbocycles. The molecular weight excluding hydrogens is 434 g/mol. The molecule has 0 aliphatic rings. The number of H-pyrrole nitrogens is 2. The maximum atomic E-state index is 12.8. The Bertz CT molecular complexity index is 1580. The lowest BCUT2D eigenvalue weighted by molar-refractivity contribution is 0.0521. The summed E-state index contributed by atoms with van der Waals surface area (Å²) in [4.78, 5) is 36.2. The summed E-state index contributed by atoms with van der Waals surface area (Å²) in [5, 5.41) is 11.3. The third-order valence-corrected chi connectivity index (χ3v) is 5.45. The summed E-state index contributed by atoms with van der Waals surface area (Å²) in [5.74, 6) is -0.370.